The Hall–Kier alpha value is -1.76. The standard InChI is InChI=1S/C13H16F2N2O3/c1-13(2)7-8(3-4-20-13)16-11-6-12(17(18)19)10(15)5-9(11)14/h5-6,8,16H,3-4,7H2,1-2H3. The van der Waals surface area contributed by atoms with Gasteiger partial charge in [-0.05, 0) is 26.7 Å². The number of ether oxygens (including phenoxy) is 1. The molecule has 7 heteroatoms. The Balaban J connectivity index is 2.21. The Bertz CT molecular complexity index is 535. The van der Waals surface area contributed by atoms with Gasteiger partial charge in [-0.3, -0.25) is 10.1 Å². The average Bonchev–Trinajstić information content (AvgIpc) is 2.31. The highest BCUT2D eigenvalue weighted by Crippen LogP contribution is 2.30. The lowest BCUT2D eigenvalue weighted by Gasteiger charge is -2.36. The van der Waals surface area contributed by atoms with E-state index in [4.69, 9.17) is 4.74 Å². The zero-order chi connectivity index (χ0) is 14.9. The van der Waals surface area contributed by atoms with Crippen LogP contribution in [0.1, 0.15) is 26.7 Å². The lowest BCUT2D eigenvalue weighted by molar-refractivity contribution is -0.387. The van der Waals surface area contributed by atoms with Crippen LogP contribution in [0.15, 0.2) is 12.1 Å². The van der Waals surface area contributed by atoms with Gasteiger partial charge in [-0.25, -0.2) is 4.39 Å². The molecular formula is C13H16F2N2O3. The maximum absolute atomic E-state index is 13.7. The molecule has 1 atom stereocenters. The van der Waals surface area contributed by atoms with Crippen molar-refractivity contribution in [2.45, 2.75) is 38.3 Å². The van der Waals surface area contributed by atoms with Gasteiger partial charge in [-0.2, -0.15) is 4.39 Å². The minimum atomic E-state index is -1.18. The van der Waals surface area contributed by atoms with Gasteiger partial charge in [0.25, 0.3) is 0 Å². The smallest absolute Gasteiger partial charge is 0.307 e. The molecule has 1 N–H and O–H groups in total. The number of hydrogen-bond acceptors (Lipinski definition) is 4. The number of hydrogen-bond donors (Lipinski definition) is 1. The molecule has 5 nitrogen and oxygen atoms in total. The number of anilines is 1. The van der Waals surface area contributed by atoms with Crippen LogP contribution in [-0.2, 0) is 4.74 Å². The van der Waals surface area contributed by atoms with Crippen LogP contribution in [-0.4, -0.2) is 23.2 Å². The maximum Gasteiger partial charge on any atom is 0.307 e. The molecule has 2 rings (SSSR count). The van der Waals surface area contributed by atoms with Gasteiger partial charge in [0.2, 0.25) is 5.82 Å². The summed E-state index contributed by atoms with van der Waals surface area (Å²) in [5, 5.41) is 13.6. The Morgan fingerprint density at radius 2 is 2.10 bits per heavy atom. The number of halogens is 2. The molecule has 1 aromatic carbocycles. The maximum atomic E-state index is 13.7. The second-order valence-corrected chi connectivity index (χ2v) is 5.48. The first kappa shape index (κ1) is 14.6. The highest BCUT2D eigenvalue weighted by molar-refractivity contribution is 5.53. The first-order chi connectivity index (χ1) is 9.28. The second kappa shape index (κ2) is 5.32. The number of nitrogens with one attached hydrogen (secondary N) is 1. The van der Waals surface area contributed by atoms with Gasteiger partial charge in [0, 0.05) is 24.8 Å². The first-order valence-electron chi connectivity index (χ1n) is 6.32. The molecule has 1 saturated heterocycles. The minimum Gasteiger partial charge on any atom is -0.380 e. The van der Waals surface area contributed by atoms with Crippen LogP contribution in [0.4, 0.5) is 20.2 Å². The lowest BCUT2D eigenvalue weighted by Crippen LogP contribution is -2.40. The molecule has 0 saturated carbocycles. The highest BCUT2D eigenvalue weighted by atomic mass is 19.1. The van der Waals surface area contributed by atoms with Crippen LogP contribution in [0, 0.1) is 21.7 Å². The minimum absolute atomic E-state index is 0.0548. The van der Waals surface area contributed by atoms with E-state index in [0.717, 1.165) is 6.07 Å². The lowest BCUT2D eigenvalue weighted by atomic mass is 9.94. The zero-order valence-electron chi connectivity index (χ0n) is 11.3. The van der Waals surface area contributed by atoms with Gasteiger partial charge in [-0.1, -0.05) is 0 Å². The largest absolute Gasteiger partial charge is 0.380 e. The summed E-state index contributed by atoms with van der Waals surface area (Å²) in [7, 11) is 0. The summed E-state index contributed by atoms with van der Waals surface area (Å²) in [6, 6.07) is 1.36. The topological polar surface area (TPSA) is 64.4 Å². The molecule has 0 bridgehead atoms. The Kier molecular flexibility index (Phi) is 3.89. The van der Waals surface area contributed by atoms with Crippen molar-refractivity contribution >= 4 is 11.4 Å². The van der Waals surface area contributed by atoms with Gasteiger partial charge in [0.15, 0.2) is 0 Å². The number of nitro groups is 1. The van der Waals surface area contributed by atoms with Gasteiger partial charge in [0.05, 0.1) is 16.2 Å². The van der Waals surface area contributed by atoms with Crippen molar-refractivity contribution in [3.63, 3.8) is 0 Å². The van der Waals surface area contributed by atoms with E-state index >= 15 is 0 Å². The van der Waals surface area contributed by atoms with Gasteiger partial charge in [0.1, 0.15) is 5.82 Å². The molecule has 0 aliphatic carbocycles. The summed E-state index contributed by atoms with van der Waals surface area (Å²) in [5.41, 5.74) is -1.13. The van der Waals surface area contributed by atoms with E-state index in [0.29, 0.717) is 25.5 Å². The summed E-state index contributed by atoms with van der Waals surface area (Å²) in [6.07, 6.45) is 1.30. The molecule has 0 radical (unpaired) electrons. The molecule has 20 heavy (non-hydrogen) atoms. The summed E-state index contributed by atoms with van der Waals surface area (Å²) >= 11 is 0. The third-order valence-electron chi connectivity index (χ3n) is 3.29. The van der Waals surface area contributed by atoms with E-state index in [1.54, 1.807) is 0 Å². The third-order valence-corrected chi connectivity index (χ3v) is 3.29. The van der Waals surface area contributed by atoms with Gasteiger partial charge >= 0.3 is 5.69 Å². The Morgan fingerprint density at radius 1 is 1.40 bits per heavy atom. The van der Waals surface area contributed by atoms with E-state index in [1.165, 1.54) is 0 Å². The predicted octanol–water partition coefficient (Wildman–Crippen LogP) is 3.24. The third kappa shape index (κ3) is 3.22. The molecule has 1 aliphatic heterocycles. The fourth-order valence-electron chi connectivity index (χ4n) is 2.36. The van der Waals surface area contributed by atoms with E-state index in [-0.39, 0.29) is 17.3 Å². The van der Waals surface area contributed by atoms with Crippen molar-refractivity contribution in [2.24, 2.45) is 0 Å². The van der Waals surface area contributed by atoms with E-state index in [1.807, 2.05) is 13.8 Å². The van der Waals surface area contributed by atoms with E-state index < -0.39 is 22.2 Å². The first-order valence-corrected chi connectivity index (χ1v) is 6.32. The van der Waals surface area contributed by atoms with Crippen molar-refractivity contribution in [3.05, 3.63) is 33.9 Å². The molecule has 1 aromatic rings. The average molecular weight is 286 g/mol. The predicted molar refractivity (Wildman–Crippen MR) is 69.7 cm³/mol. The fourth-order valence-corrected chi connectivity index (χ4v) is 2.36. The van der Waals surface area contributed by atoms with Crippen LogP contribution in [0.3, 0.4) is 0 Å². The van der Waals surface area contributed by atoms with Crippen molar-refractivity contribution < 1.29 is 18.4 Å². The van der Waals surface area contributed by atoms with Crippen LogP contribution in [0.2, 0.25) is 0 Å². The van der Waals surface area contributed by atoms with Gasteiger partial charge in [-0.15, -0.1) is 0 Å². The zero-order valence-corrected chi connectivity index (χ0v) is 11.3. The second-order valence-electron chi connectivity index (χ2n) is 5.48. The van der Waals surface area contributed by atoms with E-state index in [2.05, 4.69) is 5.32 Å². The van der Waals surface area contributed by atoms with Crippen molar-refractivity contribution in [2.75, 3.05) is 11.9 Å². The van der Waals surface area contributed by atoms with Crippen LogP contribution in [0.25, 0.3) is 0 Å². The van der Waals surface area contributed by atoms with Crippen molar-refractivity contribution in [3.8, 4) is 0 Å². The number of benzene rings is 1. The van der Waals surface area contributed by atoms with Crippen molar-refractivity contribution in [1.82, 2.24) is 0 Å². The van der Waals surface area contributed by atoms with Crippen molar-refractivity contribution in [1.29, 1.82) is 0 Å². The monoisotopic (exact) mass is 286 g/mol. The van der Waals surface area contributed by atoms with Crippen LogP contribution < -0.4 is 5.32 Å². The van der Waals surface area contributed by atoms with E-state index in [9.17, 15) is 18.9 Å². The summed E-state index contributed by atoms with van der Waals surface area (Å²) in [6.45, 7) is 4.37. The number of nitro benzene ring substituents is 1. The highest BCUT2D eigenvalue weighted by Gasteiger charge is 2.29. The normalized spacial score (nSPS) is 21.5. The number of rotatable bonds is 3. The number of nitrogens with zero attached hydrogens (tertiary/aromatic N) is 1. The molecule has 1 heterocycles. The van der Waals surface area contributed by atoms with Crippen LogP contribution in [0.5, 0.6) is 0 Å². The Labute approximate surface area is 115 Å². The SMILES string of the molecule is CC1(C)CC(Nc2cc([N+](=O)[O-])c(F)cc2F)CCO1. The van der Waals surface area contributed by atoms with Gasteiger partial charge < -0.3 is 10.1 Å². The summed E-state index contributed by atoms with van der Waals surface area (Å²) in [5.74, 6) is -2.01. The molecule has 110 valence electrons. The quantitative estimate of drug-likeness (QED) is 0.684. The fraction of sp³-hybridized carbons (Fsp3) is 0.538. The molecule has 0 aromatic heterocycles. The molecule has 0 amide bonds. The molecular weight excluding hydrogens is 270 g/mol. The summed E-state index contributed by atoms with van der Waals surface area (Å²) in [4.78, 5) is 9.81. The molecule has 1 unspecified atom stereocenters. The molecule has 1 fully saturated rings. The molecule has 0 spiro atoms. The van der Waals surface area contributed by atoms with Crippen LogP contribution >= 0.6 is 0 Å². The molecule has 1 aliphatic rings. The summed E-state index contributed by atoms with van der Waals surface area (Å²) < 4.78 is 32.5. The Morgan fingerprint density at radius 3 is 2.70 bits per heavy atom.